The van der Waals surface area contributed by atoms with Crippen LogP contribution in [0.5, 0.6) is 11.5 Å². The van der Waals surface area contributed by atoms with Gasteiger partial charge in [0, 0.05) is 22.9 Å². The van der Waals surface area contributed by atoms with Gasteiger partial charge in [0.1, 0.15) is 17.2 Å². The number of benzene rings is 3. The second kappa shape index (κ2) is 12.6. The summed E-state index contributed by atoms with van der Waals surface area (Å²) in [5.41, 5.74) is 5.12. The highest BCUT2D eigenvalue weighted by Crippen LogP contribution is 2.29. The minimum Gasteiger partial charge on any atom is -0.494 e. The summed E-state index contributed by atoms with van der Waals surface area (Å²) in [5.74, 6) is 2.18. The summed E-state index contributed by atoms with van der Waals surface area (Å²) in [5, 5.41) is 9.47. The van der Waals surface area contributed by atoms with Gasteiger partial charge in [0.05, 0.1) is 23.4 Å². The van der Waals surface area contributed by atoms with Gasteiger partial charge in [-0.25, -0.2) is 4.68 Å². The molecule has 0 saturated heterocycles. The fourth-order valence-electron chi connectivity index (χ4n) is 4.73. The number of rotatable bonds is 11. The zero-order valence-corrected chi connectivity index (χ0v) is 25.3. The number of hydrogen-bond donors (Lipinski definition) is 0. The molecule has 9 heteroatoms. The van der Waals surface area contributed by atoms with Gasteiger partial charge in [-0.1, -0.05) is 49.8 Å². The summed E-state index contributed by atoms with van der Waals surface area (Å²) in [6, 6.07) is 23.7. The first-order chi connectivity index (χ1) is 21.0. The highest BCUT2D eigenvalue weighted by molar-refractivity contribution is 7.15. The van der Waals surface area contributed by atoms with Gasteiger partial charge in [-0.2, -0.15) is 14.6 Å². The number of aryl methyl sites for hydroxylation is 1. The van der Waals surface area contributed by atoms with Crippen molar-refractivity contribution < 1.29 is 9.47 Å². The van der Waals surface area contributed by atoms with E-state index in [0.29, 0.717) is 28.5 Å². The predicted octanol–water partition coefficient (Wildman–Crippen LogP) is 6.49. The number of thiazole rings is 1. The third kappa shape index (κ3) is 6.08. The lowest BCUT2D eigenvalue weighted by Gasteiger charge is -2.09. The maximum absolute atomic E-state index is 13.5. The van der Waals surface area contributed by atoms with E-state index in [9.17, 15) is 4.79 Å². The number of para-hydroxylation sites is 1. The van der Waals surface area contributed by atoms with E-state index in [4.69, 9.17) is 14.6 Å². The van der Waals surface area contributed by atoms with Crippen molar-refractivity contribution in [3.8, 4) is 39.8 Å². The quantitative estimate of drug-likeness (QED) is 0.160. The van der Waals surface area contributed by atoms with Crippen molar-refractivity contribution in [2.75, 3.05) is 13.2 Å². The third-order valence-electron chi connectivity index (χ3n) is 7.02. The van der Waals surface area contributed by atoms with E-state index in [2.05, 4.69) is 30.0 Å². The zero-order valence-electron chi connectivity index (χ0n) is 24.5. The first-order valence-corrected chi connectivity index (χ1v) is 15.4. The lowest BCUT2D eigenvalue weighted by atomic mass is 10.0. The van der Waals surface area contributed by atoms with Gasteiger partial charge in [-0.05, 0) is 86.0 Å². The van der Waals surface area contributed by atoms with Crippen molar-refractivity contribution in [3.63, 3.8) is 0 Å². The van der Waals surface area contributed by atoms with E-state index in [-0.39, 0.29) is 5.56 Å². The molecule has 6 rings (SSSR count). The van der Waals surface area contributed by atoms with Crippen LogP contribution < -0.4 is 19.6 Å². The zero-order chi connectivity index (χ0) is 29.8. The van der Waals surface area contributed by atoms with Gasteiger partial charge in [-0.3, -0.25) is 4.79 Å². The molecule has 218 valence electrons. The van der Waals surface area contributed by atoms with E-state index in [1.807, 2.05) is 90.6 Å². The summed E-state index contributed by atoms with van der Waals surface area (Å²) in [7, 11) is 0. The van der Waals surface area contributed by atoms with Crippen LogP contribution in [-0.4, -0.2) is 37.6 Å². The van der Waals surface area contributed by atoms with E-state index < -0.39 is 0 Å². The Kier molecular flexibility index (Phi) is 8.33. The van der Waals surface area contributed by atoms with Crippen LogP contribution in [0, 0.1) is 6.92 Å². The van der Waals surface area contributed by atoms with Crippen molar-refractivity contribution in [2.24, 2.45) is 0 Å². The van der Waals surface area contributed by atoms with Gasteiger partial charge >= 0.3 is 0 Å². The van der Waals surface area contributed by atoms with Crippen LogP contribution in [0.1, 0.15) is 44.2 Å². The van der Waals surface area contributed by atoms with E-state index in [0.717, 1.165) is 64.4 Å². The number of aromatic nitrogens is 5. The molecule has 8 nitrogen and oxygen atoms in total. The maximum Gasteiger partial charge on any atom is 0.291 e. The van der Waals surface area contributed by atoms with Crippen molar-refractivity contribution in [1.29, 1.82) is 0 Å². The Labute approximate surface area is 253 Å². The van der Waals surface area contributed by atoms with Crippen LogP contribution in [0.4, 0.5) is 0 Å². The molecule has 0 unspecified atom stereocenters. The van der Waals surface area contributed by atoms with Gasteiger partial charge in [-0.15, -0.1) is 5.10 Å². The first kappa shape index (κ1) is 28.4. The molecular formula is C34H33N5O3S. The molecule has 0 radical (unpaired) electrons. The van der Waals surface area contributed by atoms with Gasteiger partial charge in [0.15, 0.2) is 5.82 Å². The first-order valence-electron chi connectivity index (χ1n) is 14.6. The SMILES string of the molecule is CCCCOc1ccc(-c2nc3s/c(=C\c4cn(-c5ccccc5)nc4-c4ccc(OCCC)c(C)c4)c(=O)n3n2)cc1. The molecule has 3 heterocycles. The molecule has 0 N–H and O–H groups in total. The number of hydrogen-bond acceptors (Lipinski definition) is 7. The second-order valence-corrected chi connectivity index (χ2v) is 11.3. The molecule has 0 spiro atoms. The Balaban J connectivity index is 1.36. The summed E-state index contributed by atoms with van der Waals surface area (Å²) >= 11 is 1.31. The van der Waals surface area contributed by atoms with Gasteiger partial charge in [0.2, 0.25) is 4.96 Å². The standard InChI is InChI=1S/C34H33N5O3S/c1-4-6-19-41-28-15-12-24(13-16-28)32-35-34-39(37-32)33(40)30(43-34)21-26-22-38(27-10-8-7-9-11-27)36-31(26)25-14-17-29(23(3)20-25)42-18-5-2/h7-17,20-22H,4-6,18-19H2,1-3H3/b30-21-. The van der Waals surface area contributed by atoms with E-state index >= 15 is 0 Å². The Hall–Kier alpha value is -4.76. The summed E-state index contributed by atoms with van der Waals surface area (Å²) in [4.78, 5) is 18.7. The Bertz CT molecular complexity index is 1960. The molecule has 3 aromatic heterocycles. The average Bonchev–Trinajstić information content (AvgIpc) is 3.72. The molecule has 0 amide bonds. The van der Waals surface area contributed by atoms with Crippen molar-refractivity contribution >= 4 is 22.4 Å². The molecule has 0 aliphatic heterocycles. The smallest absolute Gasteiger partial charge is 0.291 e. The second-order valence-electron chi connectivity index (χ2n) is 10.3. The van der Waals surface area contributed by atoms with Crippen LogP contribution in [0.3, 0.4) is 0 Å². The maximum atomic E-state index is 13.5. The average molecular weight is 592 g/mol. The lowest BCUT2D eigenvalue weighted by Crippen LogP contribution is -2.23. The van der Waals surface area contributed by atoms with E-state index in [1.165, 1.54) is 15.9 Å². The number of ether oxygens (including phenoxy) is 2. The van der Waals surface area contributed by atoms with Gasteiger partial charge in [0.25, 0.3) is 5.56 Å². The highest BCUT2D eigenvalue weighted by Gasteiger charge is 2.16. The highest BCUT2D eigenvalue weighted by atomic mass is 32.1. The van der Waals surface area contributed by atoms with Crippen LogP contribution in [0.25, 0.3) is 39.4 Å². The fraction of sp³-hybridized carbons (Fsp3) is 0.235. The van der Waals surface area contributed by atoms with Crippen molar-refractivity contribution in [1.82, 2.24) is 24.4 Å². The number of nitrogens with zero attached hydrogens (tertiary/aromatic N) is 5. The predicted molar refractivity (Wildman–Crippen MR) is 171 cm³/mol. The summed E-state index contributed by atoms with van der Waals surface area (Å²) in [6.45, 7) is 7.62. The molecule has 0 aliphatic carbocycles. The minimum absolute atomic E-state index is 0.212. The molecular weight excluding hydrogens is 558 g/mol. The normalized spacial score (nSPS) is 11.8. The summed E-state index contributed by atoms with van der Waals surface area (Å²) in [6.07, 6.45) is 6.87. The third-order valence-corrected chi connectivity index (χ3v) is 7.98. The number of unbranched alkanes of at least 4 members (excludes halogenated alkanes) is 1. The number of fused-ring (bicyclic) bond motifs is 1. The monoisotopic (exact) mass is 591 g/mol. The van der Waals surface area contributed by atoms with Gasteiger partial charge < -0.3 is 9.47 Å². The minimum atomic E-state index is -0.212. The summed E-state index contributed by atoms with van der Waals surface area (Å²) < 4.78 is 15.4. The topological polar surface area (TPSA) is 83.5 Å². The van der Waals surface area contributed by atoms with Crippen molar-refractivity contribution in [2.45, 2.75) is 40.0 Å². The fourth-order valence-corrected chi connectivity index (χ4v) is 5.63. The van der Waals surface area contributed by atoms with Crippen LogP contribution in [0.2, 0.25) is 0 Å². The molecule has 43 heavy (non-hydrogen) atoms. The Morgan fingerprint density at radius 1 is 0.884 bits per heavy atom. The largest absolute Gasteiger partial charge is 0.494 e. The van der Waals surface area contributed by atoms with Crippen molar-refractivity contribution in [3.05, 3.63) is 105 Å². The molecule has 0 fully saturated rings. The molecule has 0 bridgehead atoms. The van der Waals surface area contributed by atoms with Crippen LogP contribution in [0.15, 0.2) is 83.8 Å². The molecule has 6 aromatic rings. The molecule has 3 aromatic carbocycles. The Morgan fingerprint density at radius 3 is 2.40 bits per heavy atom. The molecule has 0 atom stereocenters. The van der Waals surface area contributed by atoms with Crippen LogP contribution in [-0.2, 0) is 0 Å². The molecule has 0 aliphatic rings. The lowest BCUT2D eigenvalue weighted by molar-refractivity contribution is 0.309. The Morgan fingerprint density at radius 2 is 1.67 bits per heavy atom. The van der Waals surface area contributed by atoms with E-state index in [1.54, 1.807) is 0 Å². The molecule has 0 saturated carbocycles. The van der Waals surface area contributed by atoms with Crippen LogP contribution >= 0.6 is 11.3 Å².